The highest BCUT2D eigenvalue weighted by atomic mass is 16.4. The maximum Gasteiger partial charge on any atom is 0.317 e. The predicted molar refractivity (Wildman–Crippen MR) is 70.3 cm³/mol. The van der Waals surface area contributed by atoms with Crippen LogP contribution in [0.5, 0.6) is 0 Å². The molecule has 0 amide bonds. The van der Waals surface area contributed by atoms with Crippen LogP contribution in [0.1, 0.15) is 0 Å². The van der Waals surface area contributed by atoms with Gasteiger partial charge in [0.1, 0.15) is 0 Å². The zero-order valence-electron chi connectivity index (χ0n) is 11.3. The lowest BCUT2D eigenvalue weighted by Gasteiger charge is -2.23. The van der Waals surface area contributed by atoms with Crippen LogP contribution < -0.4 is 0 Å². The first kappa shape index (κ1) is 16.5. The maximum atomic E-state index is 10.8. The molecule has 0 spiro atoms. The molecule has 1 saturated heterocycles. The van der Waals surface area contributed by atoms with Gasteiger partial charge >= 0.3 is 11.9 Å². The van der Waals surface area contributed by atoms with Gasteiger partial charge in [-0.1, -0.05) is 0 Å². The van der Waals surface area contributed by atoms with E-state index in [1.807, 2.05) is 11.2 Å². The molecule has 1 rings (SSSR count). The third kappa shape index (κ3) is 6.60. The highest BCUT2D eigenvalue weighted by Gasteiger charge is 2.18. The van der Waals surface area contributed by atoms with E-state index in [9.17, 15) is 14.4 Å². The van der Waals surface area contributed by atoms with Crippen molar-refractivity contribution < 1.29 is 24.6 Å². The Bertz CT molecular complexity index is 322. The summed E-state index contributed by atoms with van der Waals surface area (Å²) < 4.78 is 0. The van der Waals surface area contributed by atoms with Crippen LogP contribution in [0.15, 0.2) is 0 Å². The summed E-state index contributed by atoms with van der Waals surface area (Å²) in [7, 11) is 0. The van der Waals surface area contributed by atoms with Crippen molar-refractivity contribution in [3.8, 4) is 0 Å². The Morgan fingerprint density at radius 1 is 0.800 bits per heavy atom. The molecule has 1 fully saturated rings. The van der Waals surface area contributed by atoms with Crippen molar-refractivity contribution in [3.05, 3.63) is 0 Å². The van der Waals surface area contributed by atoms with Crippen LogP contribution in [-0.4, -0.2) is 102 Å². The van der Waals surface area contributed by atoms with Gasteiger partial charge in [-0.3, -0.25) is 29.1 Å². The minimum absolute atomic E-state index is 0.0838. The molecule has 20 heavy (non-hydrogen) atoms. The Kier molecular flexibility index (Phi) is 7.13. The molecular formula is C12H20N3O5. The van der Waals surface area contributed by atoms with E-state index in [1.165, 1.54) is 0 Å². The smallest absolute Gasteiger partial charge is 0.317 e. The second-order valence-corrected chi connectivity index (χ2v) is 4.76. The van der Waals surface area contributed by atoms with Crippen LogP contribution in [0, 0.1) is 0 Å². The quantitative estimate of drug-likeness (QED) is 0.589. The van der Waals surface area contributed by atoms with Crippen molar-refractivity contribution in [1.29, 1.82) is 0 Å². The van der Waals surface area contributed by atoms with E-state index in [2.05, 4.69) is 0 Å². The highest BCUT2D eigenvalue weighted by molar-refractivity contribution is 5.69. The van der Waals surface area contributed by atoms with E-state index in [0.29, 0.717) is 39.3 Å². The molecule has 0 aliphatic carbocycles. The molecule has 1 heterocycles. The van der Waals surface area contributed by atoms with Crippen LogP contribution in [0.4, 0.5) is 0 Å². The molecule has 0 atom stereocenters. The summed E-state index contributed by atoms with van der Waals surface area (Å²) >= 11 is 0. The van der Waals surface area contributed by atoms with Gasteiger partial charge in [0.15, 0.2) is 0 Å². The fraction of sp³-hybridized carbons (Fsp3) is 0.750. The minimum atomic E-state index is -0.914. The van der Waals surface area contributed by atoms with E-state index < -0.39 is 11.9 Å². The van der Waals surface area contributed by atoms with Crippen molar-refractivity contribution in [2.45, 2.75) is 0 Å². The van der Waals surface area contributed by atoms with Crippen LogP contribution in [0.25, 0.3) is 0 Å². The number of hydrogen-bond donors (Lipinski definition) is 2. The lowest BCUT2D eigenvalue weighted by atomic mass is 10.4. The first-order valence-electron chi connectivity index (χ1n) is 6.47. The summed E-state index contributed by atoms with van der Waals surface area (Å²) in [6, 6.07) is 0. The number of carbonyl (C=O) groups is 2. The average Bonchev–Trinajstić information content (AvgIpc) is 2.43. The lowest BCUT2D eigenvalue weighted by Crippen LogP contribution is -2.40. The summed E-state index contributed by atoms with van der Waals surface area (Å²) in [5, 5.41) is 17.7. The number of carboxylic acids is 2. The third-order valence-corrected chi connectivity index (χ3v) is 3.20. The van der Waals surface area contributed by atoms with Gasteiger partial charge in [0.25, 0.3) is 0 Å². The summed E-state index contributed by atoms with van der Waals surface area (Å²) in [4.78, 5) is 37.4. The molecule has 0 saturated carbocycles. The molecule has 8 nitrogen and oxygen atoms in total. The fourth-order valence-electron chi connectivity index (χ4n) is 2.13. The number of hydrogen-bond acceptors (Lipinski definition) is 6. The zero-order chi connectivity index (χ0) is 15.0. The van der Waals surface area contributed by atoms with Crippen molar-refractivity contribution in [2.24, 2.45) is 0 Å². The molecule has 2 N–H and O–H groups in total. The van der Waals surface area contributed by atoms with Gasteiger partial charge in [0.05, 0.1) is 19.6 Å². The minimum Gasteiger partial charge on any atom is -0.480 e. The maximum absolute atomic E-state index is 10.8. The lowest BCUT2D eigenvalue weighted by molar-refractivity contribution is -0.140. The fourth-order valence-corrected chi connectivity index (χ4v) is 2.13. The van der Waals surface area contributed by atoms with Crippen LogP contribution in [0.2, 0.25) is 0 Å². The Hall–Kier alpha value is -1.51. The number of aliphatic carboxylic acids is 2. The van der Waals surface area contributed by atoms with Crippen molar-refractivity contribution in [1.82, 2.24) is 14.7 Å². The molecule has 0 aromatic heterocycles. The molecule has 1 aliphatic heterocycles. The first-order chi connectivity index (χ1) is 9.51. The zero-order valence-corrected chi connectivity index (χ0v) is 11.3. The second kappa shape index (κ2) is 8.62. The summed E-state index contributed by atoms with van der Waals surface area (Å²) in [6.45, 7) is 3.20. The monoisotopic (exact) mass is 286 g/mol. The van der Waals surface area contributed by atoms with Crippen molar-refractivity contribution >= 4 is 18.2 Å². The van der Waals surface area contributed by atoms with Gasteiger partial charge < -0.3 is 10.2 Å². The number of carboxylic acid groups (broad SMARTS) is 2. The Balaban J connectivity index is 2.64. The van der Waals surface area contributed by atoms with Gasteiger partial charge in [0.2, 0.25) is 6.29 Å². The molecule has 0 aromatic carbocycles. The molecule has 0 unspecified atom stereocenters. The number of carbonyl (C=O) groups excluding carboxylic acids is 1. The molecule has 8 heteroatoms. The summed E-state index contributed by atoms with van der Waals surface area (Å²) in [6.07, 6.45) is 1.82. The highest BCUT2D eigenvalue weighted by Crippen LogP contribution is 2.00. The molecule has 113 valence electrons. The molecule has 0 bridgehead atoms. The summed E-state index contributed by atoms with van der Waals surface area (Å²) in [5.74, 6) is -1.83. The van der Waals surface area contributed by atoms with Gasteiger partial charge in [-0.25, -0.2) is 0 Å². The van der Waals surface area contributed by atoms with Crippen molar-refractivity contribution in [3.63, 3.8) is 0 Å². The molecule has 1 aliphatic rings. The van der Waals surface area contributed by atoms with Gasteiger partial charge in [-0.05, 0) is 0 Å². The van der Waals surface area contributed by atoms with E-state index in [-0.39, 0.29) is 19.6 Å². The number of nitrogens with zero attached hydrogens (tertiary/aromatic N) is 3. The van der Waals surface area contributed by atoms with Gasteiger partial charge in [0, 0.05) is 39.3 Å². The standard InChI is InChI=1S/C12H20N3O5/c16-8-7-13-1-3-14(9-11(17)18)5-6-15(4-2-13)10-12(19)20/h1-7,9-10H2,(H,17,18)(H,19,20). The Morgan fingerprint density at radius 2 is 1.15 bits per heavy atom. The first-order valence-corrected chi connectivity index (χ1v) is 6.47. The molecule has 0 aromatic rings. The normalized spacial score (nSPS) is 19.8. The topological polar surface area (TPSA) is 101 Å². The van der Waals surface area contributed by atoms with Gasteiger partial charge in [-0.15, -0.1) is 0 Å². The second-order valence-electron chi connectivity index (χ2n) is 4.76. The van der Waals surface area contributed by atoms with Crippen molar-refractivity contribution in [2.75, 3.05) is 58.9 Å². The van der Waals surface area contributed by atoms with E-state index in [4.69, 9.17) is 10.2 Å². The third-order valence-electron chi connectivity index (χ3n) is 3.20. The average molecular weight is 286 g/mol. The predicted octanol–water partition coefficient (Wildman–Crippen LogP) is -1.82. The molecule has 1 radical (unpaired) electrons. The largest absolute Gasteiger partial charge is 0.480 e. The van der Waals surface area contributed by atoms with E-state index in [1.54, 1.807) is 9.80 Å². The number of rotatable bonds is 6. The Labute approximate surface area is 117 Å². The van der Waals surface area contributed by atoms with E-state index >= 15 is 0 Å². The Morgan fingerprint density at radius 3 is 1.45 bits per heavy atom. The van der Waals surface area contributed by atoms with Crippen LogP contribution >= 0.6 is 0 Å². The SMILES string of the molecule is O=[C]CN1CCN(CC(=O)O)CCN(CC(=O)O)CC1. The van der Waals surface area contributed by atoms with Crippen LogP contribution in [-0.2, 0) is 14.4 Å². The molecular weight excluding hydrogens is 266 g/mol. The van der Waals surface area contributed by atoms with E-state index in [0.717, 1.165) is 0 Å². The van der Waals surface area contributed by atoms with Gasteiger partial charge in [-0.2, -0.15) is 0 Å². The summed E-state index contributed by atoms with van der Waals surface area (Å²) in [5.41, 5.74) is 0. The van der Waals surface area contributed by atoms with Crippen LogP contribution in [0.3, 0.4) is 0 Å².